The van der Waals surface area contributed by atoms with E-state index < -0.39 is 5.76 Å². The lowest BCUT2D eigenvalue weighted by molar-refractivity contribution is 0.102. The second-order valence-corrected chi connectivity index (χ2v) is 5.72. The van der Waals surface area contributed by atoms with E-state index in [1.54, 1.807) is 30.3 Å². The Balaban J connectivity index is 2.10. The van der Waals surface area contributed by atoms with Crippen molar-refractivity contribution in [1.82, 2.24) is 0 Å². The number of benzene rings is 2. The molecule has 2 aromatic carbocycles. The predicted octanol–water partition coefficient (Wildman–Crippen LogP) is 4.66. The minimum atomic E-state index is -2.47. The van der Waals surface area contributed by atoms with E-state index >= 15 is 0 Å². The van der Waals surface area contributed by atoms with Crippen molar-refractivity contribution in [2.45, 2.75) is 17.6 Å². The van der Waals surface area contributed by atoms with Crippen LogP contribution in [0.4, 0.5) is 14.5 Å². The number of hydrogen-bond acceptors (Lipinski definition) is 4. The Bertz CT molecular complexity index is 693. The molecule has 0 fully saturated rings. The van der Waals surface area contributed by atoms with Gasteiger partial charge in [0.1, 0.15) is 0 Å². The van der Waals surface area contributed by atoms with E-state index in [2.05, 4.69) is 5.32 Å². The van der Waals surface area contributed by atoms with Crippen molar-refractivity contribution in [2.75, 3.05) is 19.0 Å². The molecule has 0 saturated heterocycles. The molecule has 0 heterocycles. The molecule has 1 amide bonds. The molecule has 1 N–H and O–H groups in total. The van der Waals surface area contributed by atoms with Crippen molar-refractivity contribution in [2.24, 2.45) is 0 Å². The van der Waals surface area contributed by atoms with E-state index in [-0.39, 0.29) is 5.91 Å². The van der Waals surface area contributed by atoms with Gasteiger partial charge in [0.15, 0.2) is 11.5 Å². The number of hydrogen-bond donors (Lipinski definition) is 1. The molecule has 4 nitrogen and oxygen atoms in total. The van der Waals surface area contributed by atoms with Gasteiger partial charge in [0.25, 0.3) is 11.7 Å². The van der Waals surface area contributed by atoms with Crippen LogP contribution in [-0.4, -0.2) is 25.4 Å². The van der Waals surface area contributed by atoms with Crippen molar-refractivity contribution in [3.8, 4) is 11.5 Å². The number of amides is 1. The molecule has 2 aromatic rings. The first kappa shape index (κ1) is 18.1. The van der Waals surface area contributed by atoms with E-state index in [1.165, 1.54) is 19.2 Å². The quantitative estimate of drug-likeness (QED) is 0.736. The highest BCUT2D eigenvalue weighted by Crippen LogP contribution is 2.29. The molecule has 24 heavy (non-hydrogen) atoms. The van der Waals surface area contributed by atoms with Crippen LogP contribution in [-0.2, 0) is 0 Å². The molecule has 2 rings (SSSR count). The highest BCUT2D eigenvalue weighted by atomic mass is 32.2. The highest BCUT2D eigenvalue weighted by Gasteiger charge is 2.12. The van der Waals surface area contributed by atoms with Gasteiger partial charge in [0.2, 0.25) is 0 Å². The topological polar surface area (TPSA) is 47.6 Å². The SMILES string of the molecule is CCOc1cc(C(=O)Nc2ccc(SC(F)F)cc2)ccc1OC. The Morgan fingerprint density at radius 1 is 1.17 bits per heavy atom. The number of thioether (sulfide) groups is 1. The lowest BCUT2D eigenvalue weighted by Gasteiger charge is -2.11. The van der Waals surface area contributed by atoms with Gasteiger partial charge in [-0.25, -0.2) is 0 Å². The second-order valence-electron chi connectivity index (χ2n) is 4.66. The maximum Gasteiger partial charge on any atom is 0.288 e. The summed E-state index contributed by atoms with van der Waals surface area (Å²) in [5, 5.41) is 2.71. The van der Waals surface area contributed by atoms with E-state index in [0.29, 0.717) is 46.0 Å². The fourth-order valence-corrected chi connectivity index (χ4v) is 2.51. The van der Waals surface area contributed by atoms with Gasteiger partial charge < -0.3 is 14.8 Å². The van der Waals surface area contributed by atoms with E-state index in [0.717, 1.165) is 0 Å². The van der Waals surface area contributed by atoms with E-state index in [9.17, 15) is 13.6 Å². The molecule has 128 valence electrons. The number of carbonyl (C=O) groups is 1. The molecular weight excluding hydrogens is 336 g/mol. The lowest BCUT2D eigenvalue weighted by atomic mass is 10.2. The van der Waals surface area contributed by atoms with Crippen molar-refractivity contribution in [1.29, 1.82) is 0 Å². The summed E-state index contributed by atoms with van der Waals surface area (Å²) in [6.45, 7) is 2.29. The third-order valence-corrected chi connectivity index (χ3v) is 3.79. The highest BCUT2D eigenvalue weighted by molar-refractivity contribution is 7.99. The van der Waals surface area contributed by atoms with Crippen LogP contribution in [0.15, 0.2) is 47.4 Å². The molecule has 0 spiro atoms. The fraction of sp³-hybridized carbons (Fsp3) is 0.235. The Morgan fingerprint density at radius 2 is 1.88 bits per heavy atom. The number of halogens is 2. The maximum absolute atomic E-state index is 12.3. The van der Waals surface area contributed by atoms with Crippen LogP contribution in [0.2, 0.25) is 0 Å². The number of carbonyl (C=O) groups excluding carboxylic acids is 1. The fourth-order valence-electron chi connectivity index (χ4n) is 2.01. The molecule has 0 bridgehead atoms. The van der Waals surface area contributed by atoms with Crippen molar-refractivity contribution >= 4 is 23.4 Å². The van der Waals surface area contributed by atoms with Gasteiger partial charge in [-0.15, -0.1) is 0 Å². The van der Waals surface area contributed by atoms with Gasteiger partial charge >= 0.3 is 0 Å². The van der Waals surface area contributed by atoms with E-state index in [1.807, 2.05) is 6.92 Å². The van der Waals surface area contributed by atoms with Gasteiger partial charge in [0, 0.05) is 16.1 Å². The Kier molecular flexibility index (Phi) is 6.43. The zero-order valence-corrected chi connectivity index (χ0v) is 14.0. The summed E-state index contributed by atoms with van der Waals surface area (Å²) in [5.74, 6) is -1.77. The van der Waals surface area contributed by atoms with Crippen LogP contribution < -0.4 is 14.8 Å². The van der Waals surface area contributed by atoms with Crippen LogP contribution >= 0.6 is 11.8 Å². The summed E-state index contributed by atoms with van der Waals surface area (Å²) in [6.07, 6.45) is 0. The van der Waals surface area contributed by atoms with Crippen molar-refractivity contribution < 1.29 is 23.0 Å². The Hall–Kier alpha value is -2.28. The first-order valence-electron chi connectivity index (χ1n) is 7.20. The number of methoxy groups -OCH3 is 1. The van der Waals surface area contributed by atoms with Gasteiger partial charge in [-0.1, -0.05) is 11.8 Å². The molecule has 0 aromatic heterocycles. The standard InChI is InChI=1S/C17H17F2NO3S/c1-3-23-15-10-11(4-9-14(15)22-2)16(21)20-12-5-7-13(8-6-12)24-17(18)19/h4-10,17H,3H2,1-2H3,(H,20,21). The average molecular weight is 353 g/mol. The molecule has 7 heteroatoms. The summed E-state index contributed by atoms with van der Waals surface area (Å²) in [4.78, 5) is 12.7. The Morgan fingerprint density at radius 3 is 2.46 bits per heavy atom. The first-order valence-corrected chi connectivity index (χ1v) is 8.08. The Labute approximate surface area is 143 Å². The zero-order valence-electron chi connectivity index (χ0n) is 13.2. The third-order valence-electron chi connectivity index (χ3n) is 3.06. The van der Waals surface area contributed by atoms with Gasteiger partial charge in [0.05, 0.1) is 13.7 Å². The number of anilines is 1. The first-order chi connectivity index (χ1) is 11.5. The number of rotatable bonds is 7. The summed E-state index contributed by atoms with van der Waals surface area (Å²) >= 11 is 0.457. The molecular formula is C17H17F2NO3S. The van der Waals surface area contributed by atoms with Gasteiger partial charge in [-0.05, 0) is 49.4 Å². The van der Waals surface area contributed by atoms with Crippen LogP contribution in [0.1, 0.15) is 17.3 Å². The van der Waals surface area contributed by atoms with Crippen LogP contribution in [0.3, 0.4) is 0 Å². The van der Waals surface area contributed by atoms with Crippen LogP contribution in [0, 0.1) is 0 Å². The molecule has 0 aliphatic heterocycles. The van der Waals surface area contributed by atoms with Crippen LogP contribution in [0.5, 0.6) is 11.5 Å². The minimum Gasteiger partial charge on any atom is -0.493 e. The van der Waals surface area contributed by atoms with E-state index in [4.69, 9.17) is 9.47 Å². The summed E-state index contributed by atoms with van der Waals surface area (Å²) in [6, 6.07) is 11.1. The molecule has 0 saturated carbocycles. The largest absolute Gasteiger partial charge is 0.493 e. The minimum absolute atomic E-state index is 0.326. The molecule has 0 aliphatic carbocycles. The van der Waals surface area contributed by atoms with Crippen molar-refractivity contribution in [3.63, 3.8) is 0 Å². The summed E-state index contributed by atoms with van der Waals surface area (Å²) < 4.78 is 35.2. The van der Waals surface area contributed by atoms with Crippen molar-refractivity contribution in [3.05, 3.63) is 48.0 Å². The predicted molar refractivity (Wildman–Crippen MR) is 90.4 cm³/mol. The maximum atomic E-state index is 12.3. The number of ether oxygens (including phenoxy) is 2. The molecule has 0 radical (unpaired) electrons. The number of nitrogens with one attached hydrogen (secondary N) is 1. The monoisotopic (exact) mass is 353 g/mol. The molecule has 0 atom stereocenters. The van der Waals surface area contributed by atoms with Gasteiger partial charge in [-0.3, -0.25) is 4.79 Å². The summed E-state index contributed by atoms with van der Waals surface area (Å²) in [5.41, 5.74) is 0.928. The third kappa shape index (κ3) is 4.86. The zero-order chi connectivity index (χ0) is 17.5. The summed E-state index contributed by atoms with van der Waals surface area (Å²) in [7, 11) is 1.52. The molecule has 0 unspecified atom stereocenters. The average Bonchev–Trinajstić information content (AvgIpc) is 2.56. The smallest absolute Gasteiger partial charge is 0.288 e. The number of alkyl halides is 2. The van der Waals surface area contributed by atoms with Crippen LogP contribution in [0.25, 0.3) is 0 Å². The lowest BCUT2D eigenvalue weighted by Crippen LogP contribution is -2.12. The second kappa shape index (κ2) is 8.54. The normalized spacial score (nSPS) is 10.5. The molecule has 0 aliphatic rings. The van der Waals surface area contributed by atoms with Gasteiger partial charge in [-0.2, -0.15) is 8.78 Å².